The highest BCUT2D eigenvalue weighted by atomic mass is 127. The van der Waals surface area contributed by atoms with Crippen LogP contribution in [-0.2, 0) is 4.74 Å². The Morgan fingerprint density at radius 1 is 1.15 bits per heavy atom. The lowest BCUT2D eigenvalue weighted by Crippen LogP contribution is -2.31. The predicted octanol–water partition coefficient (Wildman–Crippen LogP) is 3.91. The van der Waals surface area contributed by atoms with Gasteiger partial charge in [0.2, 0.25) is 0 Å². The second-order valence-electron chi connectivity index (χ2n) is 6.34. The highest BCUT2D eigenvalue weighted by Crippen LogP contribution is 2.49. The van der Waals surface area contributed by atoms with Crippen molar-refractivity contribution in [2.24, 2.45) is 10.4 Å². The monoisotopic (exact) mass is 477 g/mol. The molecule has 1 aliphatic carbocycles. The van der Waals surface area contributed by atoms with Crippen LogP contribution in [0.25, 0.3) is 0 Å². The first-order valence-corrected chi connectivity index (χ1v) is 9.01. The molecule has 1 saturated carbocycles. The molecule has 0 heterocycles. The number of nitrogens with one attached hydrogen (secondary N) is 2. The Labute approximate surface area is 174 Å². The molecule has 148 valence electrons. The number of hydrogen-bond donors (Lipinski definition) is 2. The zero-order chi connectivity index (χ0) is 18.1. The maximum absolute atomic E-state index is 5.50. The van der Waals surface area contributed by atoms with E-state index in [2.05, 4.69) is 17.6 Å². The van der Waals surface area contributed by atoms with Crippen LogP contribution in [0.2, 0.25) is 0 Å². The topological polar surface area (TPSA) is 64.1 Å². The van der Waals surface area contributed by atoms with Gasteiger partial charge in [0.15, 0.2) is 17.5 Å². The van der Waals surface area contributed by atoms with Crippen molar-refractivity contribution in [3.63, 3.8) is 0 Å². The molecule has 6 nitrogen and oxygen atoms in total. The summed E-state index contributed by atoms with van der Waals surface area (Å²) in [6.07, 6.45) is 3.55. The number of methoxy groups -OCH3 is 2. The number of hydrogen-bond acceptors (Lipinski definition) is 4. The van der Waals surface area contributed by atoms with Crippen LogP contribution in [0.5, 0.6) is 11.5 Å². The van der Waals surface area contributed by atoms with Gasteiger partial charge in [-0.15, -0.1) is 24.0 Å². The summed E-state index contributed by atoms with van der Waals surface area (Å²) in [6, 6.07) is 5.75. The van der Waals surface area contributed by atoms with Crippen LogP contribution in [0.1, 0.15) is 33.1 Å². The smallest absolute Gasteiger partial charge is 0.195 e. The summed E-state index contributed by atoms with van der Waals surface area (Å²) in [5.74, 6) is 2.19. The van der Waals surface area contributed by atoms with Crippen LogP contribution in [0, 0.1) is 5.41 Å². The summed E-state index contributed by atoms with van der Waals surface area (Å²) in [6.45, 7) is 7.34. The fourth-order valence-corrected chi connectivity index (χ4v) is 2.70. The average molecular weight is 477 g/mol. The molecule has 0 unspecified atom stereocenters. The van der Waals surface area contributed by atoms with Crippen molar-refractivity contribution in [1.29, 1.82) is 0 Å². The molecule has 0 atom stereocenters. The lowest BCUT2D eigenvalue weighted by atomic mass is 10.0. The van der Waals surface area contributed by atoms with Gasteiger partial charge in [-0.3, -0.25) is 4.99 Å². The number of ether oxygens (including phenoxy) is 3. The number of nitrogens with zero attached hydrogens (tertiary/aromatic N) is 1. The lowest BCUT2D eigenvalue weighted by Gasteiger charge is -2.16. The minimum absolute atomic E-state index is 0. The summed E-state index contributed by atoms with van der Waals surface area (Å²) < 4.78 is 16.1. The number of benzene rings is 1. The first kappa shape index (κ1) is 22.8. The first-order chi connectivity index (χ1) is 12.2. The molecular weight excluding hydrogens is 445 g/mol. The maximum Gasteiger partial charge on any atom is 0.195 e. The van der Waals surface area contributed by atoms with Gasteiger partial charge in [-0.25, -0.2) is 0 Å². The van der Waals surface area contributed by atoms with E-state index < -0.39 is 0 Å². The van der Waals surface area contributed by atoms with Crippen LogP contribution in [0.3, 0.4) is 0 Å². The van der Waals surface area contributed by atoms with E-state index in [1.54, 1.807) is 14.2 Å². The Hall–Kier alpha value is -1.22. The third-order valence-electron chi connectivity index (χ3n) is 4.50. The SMILES string of the molecule is CCNC(=NCC1(CCOCC)CC1)Nc1ccc(OC)c(OC)c1.I. The highest BCUT2D eigenvalue weighted by molar-refractivity contribution is 14.0. The average Bonchev–Trinajstić information content (AvgIpc) is 3.40. The molecule has 0 aliphatic heterocycles. The second kappa shape index (κ2) is 11.5. The Morgan fingerprint density at radius 2 is 1.88 bits per heavy atom. The van der Waals surface area contributed by atoms with Gasteiger partial charge in [-0.1, -0.05) is 0 Å². The van der Waals surface area contributed by atoms with Crippen LogP contribution in [0.4, 0.5) is 5.69 Å². The Kier molecular flexibility index (Phi) is 10.1. The molecule has 0 radical (unpaired) electrons. The summed E-state index contributed by atoms with van der Waals surface area (Å²) in [4.78, 5) is 4.79. The molecule has 2 rings (SSSR count). The van der Waals surface area contributed by atoms with Gasteiger partial charge in [-0.05, 0) is 50.7 Å². The van der Waals surface area contributed by atoms with Gasteiger partial charge in [-0.2, -0.15) is 0 Å². The van der Waals surface area contributed by atoms with E-state index in [9.17, 15) is 0 Å². The molecule has 0 aromatic heterocycles. The molecule has 26 heavy (non-hydrogen) atoms. The minimum atomic E-state index is 0. The van der Waals surface area contributed by atoms with Gasteiger partial charge in [0.05, 0.1) is 14.2 Å². The van der Waals surface area contributed by atoms with E-state index >= 15 is 0 Å². The third kappa shape index (κ3) is 6.83. The van der Waals surface area contributed by atoms with E-state index in [0.29, 0.717) is 16.9 Å². The predicted molar refractivity (Wildman–Crippen MR) is 117 cm³/mol. The Balaban J connectivity index is 0.00000338. The molecule has 1 aromatic rings. The Morgan fingerprint density at radius 3 is 2.46 bits per heavy atom. The molecule has 0 spiro atoms. The molecule has 1 fully saturated rings. The normalized spacial score (nSPS) is 15.0. The van der Waals surface area contributed by atoms with Gasteiger partial charge < -0.3 is 24.8 Å². The standard InChI is InChI=1S/C19H31N3O3.HI/c1-5-20-18(21-14-19(9-10-19)11-12-25-6-2)22-15-7-8-16(23-3)17(13-15)24-4;/h7-8,13H,5-6,9-12,14H2,1-4H3,(H2,20,21,22);1H. The zero-order valence-corrected chi connectivity index (χ0v) is 18.6. The van der Waals surface area contributed by atoms with Gasteiger partial charge in [0.1, 0.15) is 0 Å². The lowest BCUT2D eigenvalue weighted by molar-refractivity contribution is 0.129. The largest absolute Gasteiger partial charge is 0.493 e. The third-order valence-corrected chi connectivity index (χ3v) is 4.50. The molecule has 1 aliphatic rings. The number of anilines is 1. The molecule has 0 saturated heterocycles. The van der Waals surface area contributed by atoms with Crippen molar-refractivity contribution < 1.29 is 14.2 Å². The van der Waals surface area contributed by atoms with Crippen molar-refractivity contribution in [3.8, 4) is 11.5 Å². The molecule has 7 heteroatoms. The number of halogens is 1. The summed E-state index contributed by atoms with van der Waals surface area (Å²) in [5, 5.41) is 6.65. The van der Waals surface area contributed by atoms with Crippen molar-refractivity contribution >= 4 is 35.6 Å². The van der Waals surface area contributed by atoms with Crippen LogP contribution in [0.15, 0.2) is 23.2 Å². The number of rotatable bonds is 10. The van der Waals surface area contributed by atoms with E-state index in [-0.39, 0.29) is 24.0 Å². The van der Waals surface area contributed by atoms with Crippen molar-refractivity contribution in [2.75, 3.05) is 45.8 Å². The van der Waals surface area contributed by atoms with Crippen molar-refractivity contribution in [2.45, 2.75) is 33.1 Å². The molecule has 2 N–H and O–H groups in total. The fourth-order valence-electron chi connectivity index (χ4n) is 2.70. The fraction of sp³-hybridized carbons (Fsp3) is 0.632. The molecule has 0 amide bonds. The molecular formula is C19H32IN3O3. The Bertz CT molecular complexity index is 577. The number of aliphatic imine (C=N–C) groups is 1. The highest BCUT2D eigenvalue weighted by Gasteiger charge is 2.41. The van der Waals surface area contributed by atoms with Crippen molar-refractivity contribution in [1.82, 2.24) is 5.32 Å². The first-order valence-electron chi connectivity index (χ1n) is 9.01. The van der Waals surface area contributed by atoms with Crippen molar-refractivity contribution in [3.05, 3.63) is 18.2 Å². The molecule has 0 bridgehead atoms. The van der Waals surface area contributed by atoms with E-state index in [1.807, 2.05) is 25.1 Å². The van der Waals surface area contributed by atoms with Crippen LogP contribution < -0.4 is 20.1 Å². The van der Waals surface area contributed by atoms with E-state index in [1.165, 1.54) is 12.8 Å². The van der Waals surface area contributed by atoms with Crippen LogP contribution >= 0.6 is 24.0 Å². The van der Waals surface area contributed by atoms with Gasteiger partial charge >= 0.3 is 0 Å². The van der Waals surface area contributed by atoms with Gasteiger partial charge in [0.25, 0.3) is 0 Å². The minimum Gasteiger partial charge on any atom is -0.493 e. The summed E-state index contributed by atoms with van der Waals surface area (Å²) in [5.41, 5.74) is 1.24. The zero-order valence-electron chi connectivity index (χ0n) is 16.3. The van der Waals surface area contributed by atoms with Gasteiger partial charge in [0, 0.05) is 38.1 Å². The summed E-state index contributed by atoms with van der Waals surface area (Å²) in [7, 11) is 3.27. The molecule has 1 aromatic carbocycles. The van der Waals surface area contributed by atoms with Crippen LogP contribution in [-0.4, -0.2) is 46.5 Å². The maximum atomic E-state index is 5.50. The van der Waals surface area contributed by atoms with E-state index in [4.69, 9.17) is 19.2 Å². The quantitative estimate of drug-likeness (QED) is 0.232. The number of guanidine groups is 1. The van der Waals surface area contributed by atoms with E-state index in [0.717, 1.165) is 44.4 Å². The summed E-state index contributed by atoms with van der Waals surface area (Å²) >= 11 is 0. The second-order valence-corrected chi connectivity index (χ2v) is 6.34.